The van der Waals surface area contributed by atoms with Gasteiger partial charge in [0.1, 0.15) is 0 Å². The molecule has 1 atom stereocenters. The standard InChI is InChI=1S/C6H8O/c7-6-4-2-1-3-5-6/h1,5-7H,2,4H2. The van der Waals surface area contributed by atoms with Crippen LogP contribution in [-0.2, 0) is 0 Å². The molecule has 1 nitrogen and oxygen atoms in total. The topological polar surface area (TPSA) is 20.2 Å². The van der Waals surface area contributed by atoms with Crippen molar-refractivity contribution in [3.05, 3.63) is 17.9 Å². The fraction of sp³-hybridized carbons (Fsp3) is 0.500. The number of hydrogen-bond donors (Lipinski definition) is 1. The summed E-state index contributed by atoms with van der Waals surface area (Å²) in [6, 6.07) is 0. The quantitative estimate of drug-likeness (QED) is 0.443. The Hall–Kier alpha value is -0.520. The van der Waals surface area contributed by atoms with Gasteiger partial charge in [-0.25, -0.2) is 0 Å². The van der Waals surface area contributed by atoms with Gasteiger partial charge in [-0.1, -0.05) is 0 Å². The van der Waals surface area contributed by atoms with Crippen LogP contribution in [-0.4, -0.2) is 11.2 Å². The lowest BCUT2D eigenvalue weighted by Crippen LogP contribution is -2.01. The molecule has 0 aromatic carbocycles. The molecule has 0 radical (unpaired) electrons. The maximum atomic E-state index is 8.77. The zero-order valence-electron chi connectivity index (χ0n) is 4.09. The van der Waals surface area contributed by atoms with E-state index in [2.05, 4.69) is 5.73 Å². The van der Waals surface area contributed by atoms with Gasteiger partial charge in [0.15, 0.2) is 0 Å². The second-order valence-electron chi connectivity index (χ2n) is 1.68. The molecule has 1 heteroatoms. The molecule has 1 aliphatic rings. The van der Waals surface area contributed by atoms with Crippen molar-refractivity contribution in [1.82, 2.24) is 0 Å². The molecule has 0 amide bonds. The van der Waals surface area contributed by atoms with Crippen LogP contribution >= 0.6 is 0 Å². The highest BCUT2D eigenvalue weighted by molar-refractivity contribution is 4.95. The van der Waals surface area contributed by atoms with E-state index in [0.717, 1.165) is 12.8 Å². The van der Waals surface area contributed by atoms with Crippen LogP contribution in [0.2, 0.25) is 0 Å². The van der Waals surface area contributed by atoms with Gasteiger partial charge in [-0.05, 0) is 25.0 Å². The third kappa shape index (κ3) is 1.19. The molecule has 1 rings (SSSR count). The SMILES string of the molecule is OC1C=C=CCC1. The van der Waals surface area contributed by atoms with Gasteiger partial charge in [-0.2, -0.15) is 0 Å². The molecule has 0 aromatic rings. The minimum Gasteiger partial charge on any atom is -0.388 e. The number of rotatable bonds is 0. The fourth-order valence-corrected chi connectivity index (χ4v) is 0.600. The molecule has 0 saturated carbocycles. The van der Waals surface area contributed by atoms with Crippen molar-refractivity contribution >= 4 is 0 Å². The van der Waals surface area contributed by atoms with Crippen LogP contribution in [0.3, 0.4) is 0 Å². The van der Waals surface area contributed by atoms with E-state index in [9.17, 15) is 0 Å². The number of hydrogen-bond acceptors (Lipinski definition) is 1. The van der Waals surface area contributed by atoms with E-state index >= 15 is 0 Å². The van der Waals surface area contributed by atoms with Crippen molar-refractivity contribution in [1.29, 1.82) is 0 Å². The van der Waals surface area contributed by atoms with Gasteiger partial charge in [0.2, 0.25) is 0 Å². The van der Waals surface area contributed by atoms with Crippen LogP contribution in [0.25, 0.3) is 0 Å². The number of aliphatic hydroxyl groups excluding tert-OH is 1. The van der Waals surface area contributed by atoms with Crippen LogP contribution in [0.4, 0.5) is 0 Å². The summed E-state index contributed by atoms with van der Waals surface area (Å²) in [5, 5.41) is 8.77. The van der Waals surface area contributed by atoms with E-state index < -0.39 is 0 Å². The van der Waals surface area contributed by atoms with Gasteiger partial charge in [-0.15, -0.1) is 5.73 Å². The van der Waals surface area contributed by atoms with E-state index in [-0.39, 0.29) is 6.10 Å². The lowest BCUT2D eigenvalue weighted by Gasteiger charge is -2.02. The maximum absolute atomic E-state index is 8.77. The van der Waals surface area contributed by atoms with E-state index in [1.807, 2.05) is 6.08 Å². The average Bonchev–Trinajstić information content (AvgIpc) is 1.69. The van der Waals surface area contributed by atoms with Crippen molar-refractivity contribution in [2.75, 3.05) is 0 Å². The van der Waals surface area contributed by atoms with E-state index in [0.29, 0.717) is 0 Å². The maximum Gasteiger partial charge on any atom is 0.0797 e. The summed E-state index contributed by atoms with van der Waals surface area (Å²) in [6.45, 7) is 0. The van der Waals surface area contributed by atoms with Crippen LogP contribution in [0.15, 0.2) is 17.9 Å². The lowest BCUT2D eigenvalue weighted by molar-refractivity contribution is 0.212. The fourth-order valence-electron chi connectivity index (χ4n) is 0.600. The third-order valence-electron chi connectivity index (χ3n) is 1.01. The summed E-state index contributed by atoms with van der Waals surface area (Å²) >= 11 is 0. The molecule has 0 saturated heterocycles. The Labute approximate surface area is 43.0 Å². The first-order valence-corrected chi connectivity index (χ1v) is 2.49. The molecule has 1 N–H and O–H groups in total. The van der Waals surface area contributed by atoms with Gasteiger partial charge in [0.25, 0.3) is 0 Å². The first kappa shape index (κ1) is 4.63. The molecule has 0 spiro atoms. The van der Waals surface area contributed by atoms with E-state index in [4.69, 9.17) is 5.11 Å². The summed E-state index contributed by atoms with van der Waals surface area (Å²) in [4.78, 5) is 0. The smallest absolute Gasteiger partial charge is 0.0797 e. The largest absolute Gasteiger partial charge is 0.388 e. The second kappa shape index (κ2) is 1.97. The Kier molecular flexibility index (Phi) is 1.30. The molecule has 7 heavy (non-hydrogen) atoms. The molecule has 38 valence electrons. The van der Waals surface area contributed by atoms with Gasteiger partial charge in [0, 0.05) is 0 Å². The molecular weight excluding hydrogens is 88.1 g/mol. The Bertz CT molecular complexity index is 109. The first-order valence-electron chi connectivity index (χ1n) is 2.49. The Balaban J connectivity index is 2.57. The average molecular weight is 96.1 g/mol. The van der Waals surface area contributed by atoms with E-state index in [1.54, 1.807) is 6.08 Å². The molecule has 0 bridgehead atoms. The van der Waals surface area contributed by atoms with Gasteiger partial charge >= 0.3 is 0 Å². The predicted molar refractivity (Wildman–Crippen MR) is 27.9 cm³/mol. The zero-order valence-corrected chi connectivity index (χ0v) is 4.09. The molecule has 0 aliphatic heterocycles. The lowest BCUT2D eigenvalue weighted by atomic mass is 10.1. The highest BCUT2D eigenvalue weighted by atomic mass is 16.3. The molecular formula is C6H8O. The summed E-state index contributed by atoms with van der Waals surface area (Å²) in [5.74, 6) is 0. The Morgan fingerprint density at radius 2 is 2.57 bits per heavy atom. The van der Waals surface area contributed by atoms with Crippen molar-refractivity contribution < 1.29 is 5.11 Å². The van der Waals surface area contributed by atoms with Gasteiger partial charge in [0.05, 0.1) is 6.10 Å². The molecule has 0 fully saturated rings. The molecule has 0 heterocycles. The Morgan fingerprint density at radius 1 is 1.71 bits per heavy atom. The summed E-state index contributed by atoms with van der Waals surface area (Å²) in [6.07, 6.45) is 5.23. The van der Waals surface area contributed by atoms with Crippen LogP contribution in [0.5, 0.6) is 0 Å². The minimum absolute atomic E-state index is 0.231. The van der Waals surface area contributed by atoms with Crippen molar-refractivity contribution in [2.45, 2.75) is 18.9 Å². The third-order valence-corrected chi connectivity index (χ3v) is 1.01. The summed E-state index contributed by atoms with van der Waals surface area (Å²) in [7, 11) is 0. The predicted octanol–water partition coefficient (Wildman–Crippen LogP) is 0.852. The minimum atomic E-state index is -0.231. The highest BCUT2D eigenvalue weighted by Gasteiger charge is 1.97. The van der Waals surface area contributed by atoms with Gasteiger partial charge in [-0.3, -0.25) is 0 Å². The monoisotopic (exact) mass is 96.1 g/mol. The van der Waals surface area contributed by atoms with Crippen LogP contribution in [0.1, 0.15) is 12.8 Å². The first-order chi connectivity index (χ1) is 3.39. The zero-order chi connectivity index (χ0) is 5.11. The van der Waals surface area contributed by atoms with E-state index in [1.165, 1.54) is 0 Å². The molecule has 0 aromatic heterocycles. The summed E-state index contributed by atoms with van der Waals surface area (Å²) in [5.41, 5.74) is 2.83. The molecule has 1 unspecified atom stereocenters. The Morgan fingerprint density at radius 3 is 2.86 bits per heavy atom. The second-order valence-corrected chi connectivity index (χ2v) is 1.68. The van der Waals surface area contributed by atoms with Crippen molar-refractivity contribution in [2.24, 2.45) is 0 Å². The molecule has 1 aliphatic carbocycles. The van der Waals surface area contributed by atoms with Crippen molar-refractivity contribution in [3.63, 3.8) is 0 Å². The van der Waals surface area contributed by atoms with Crippen LogP contribution < -0.4 is 0 Å². The van der Waals surface area contributed by atoms with Gasteiger partial charge < -0.3 is 5.11 Å². The highest BCUT2D eigenvalue weighted by Crippen LogP contribution is 2.02. The summed E-state index contributed by atoms with van der Waals surface area (Å²) < 4.78 is 0. The normalized spacial score (nSPS) is 28.4. The number of aliphatic hydroxyl groups is 1. The van der Waals surface area contributed by atoms with Crippen molar-refractivity contribution in [3.8, 4) is 0 Å². The van der Waals surface area contributed by atoms with Crippen LogP contribution in [0, 0.1) is 0 Å².